The minimum absolute atomic E-state index is 0.0137. The first kappa shape index (κ1) is 49.4. The molecule has 0 bridgehead atoms. The predicted octanol–water partition coefficient (Wildman–Crippen LogP) is 13.1. The molecule has 2 aromatic carbocycles. The van der Waals surface area contributed by atoms with Crippen molar-refractivity contribution in [1.82, 2.24) is 0 Å². The quantitative estimate of drug-likeness (QED) is 0.0350. The number of hydrogen-bond donors (Lipinski definition) is 0. The van der Waals surface area contributed by atoms with E-state index in [9.17, 15) is 4.57 Å². The van der Waals surface area contributed by atoms with Crippen LogP contribution in [0.3, 0.4) is 0 Å². The van der Waals surface area contributed by atoms with Gasteiger partial charge in [0.2, 0.25) is 0 Å². The summed E-state index contributed by atoms with van der Waals surface area (Å²) in [5.41, 5.74) is 0. The van der Waals surface area contributed by atoms with Gasteiger partial charge in [-0.2, -0.15) is 0 Å². The van der Waals surface area contributed by atoms with E-state index in [1.807, 2.05) is 6.08 Å². The summed E-state index contributed by atoms with van der Waals surface area (Å²) in [6.07, 6.45) is 17.5. The SMILES string of the molecule is CCCCCCCCCCCCCC/C=C(\OC[C@H](CO[Si](C)(C)C(C)(C)C)O[Si](c1ccccc1)(c1ccccc1)C(C)(C)C)OP(=O)(OCC)OCC. The smallest absolute Gasteiger partial charge is 0.463 e. The fraction of sp³-hybridized carbons (Fsp3) is 0.689. The third-order valence-electron chi connectivity index (χ3n) is 10.8. The third-order valence-corrected chi connectivity index (χ3v) is 21.9. The molecule has 0 N–H and O–H groups in total. The first-order valence-corrected chi connectivity index (χ1v) is 27.7. The van der Waals surface area contributed by atoms with Gasteiger partial charge in [0.25, 0.3) is 14.3 Å². The van der Waals surface area contributed by atoms with Crippen molar-refractivity contribution in [2.75, 3.05) is 26.4 Å². The second kappa shape index (κ2) is 24.9. The highest BCUT2D eigenvalue weighted by Gasteiger charge is 2.52. The molecule has 55 heavy (non-hydrogen) atoms. The maximum atomic E-state index is 13.7. The molecule has 0 unspecified atom stereocenters. The van der Waals surface area contributed by atoms with Crippen LogP contribution >= 0.6 is 7.82 Å². The first-order chi connectivity index (χ1) is 26.0. The lowest BCUT2D eigenvalue weighted by Crippen LogP contribution is -2.68. The second-order valence-electron chi connectivity index (χ2n) is 17.4. The summed E-state index contributed by atoms with van der Waals surface area (Å²) < 4.78 is 51.7. The Hall–Kier alpha value is -1.72. The fourth-order valence-corrected chi connectivity index (χ4v) is 13.4. The topological polar surface area (TPSA) is 72.5 Å². The van der Waals surface area contributed by atoms with Crippen LogP contribution in [0.2, 0.25) is 23.2 Å². The van der Waals surface area contributed by atoms with Crippen molar-refractivity contribution < 1.29 is 31.7 Å². The molecule has 7 nitrogen and oxygen atoms in total. The Morgan fingerprint density at radius 2 is 1.11 bits per heavy atom. The molecule has 314 valence electrons. The highest BCUT2D eigenvalue weighted by atomic mass is 31.2. The summed E-state index contributed by atoms with van der Waals surface area (Å²) in [6, 6.07) is 21.3. The van der Waals surface area contributed by atoms with Crippen molar-refractivity contribution >= 4 is 34.8 Å². The molecular weight excluding hydrogens is 740 g/mol. The summed E-state index contributed by atoms with van der Waals surface area (Å²) in [6.45, 7) is 24.8. The maximum absolute atomic E-state index is 13.7. The zero-order chi connectivity index (χ0) is 40.9. The summed E-state index contributed by atoms with van der Waals surface area (Å²) in [5, 5.41) is 2.14. The monoisotopic (exact) mass is 819 g/mol. The van der Waals surface area contributed by atoms with E-state index in [4.69, 9.17) is 27.2 Å². The van der Waals surface area contributed by atoms with Crippen LogP contribution in [0.25, 0.3) is 0 Å². The van der Waals surface area contributed by atoms with Crippen molar-refractivity contribution in [3.05, 3.63) is 72.7 Å². The van der Waals surface area contributed by atoms with E-state index in [2.05, 4.69) is 122 Å². The van der Waals surface area contributed by atoms with Crippen molar-refractivity contribution in [2.24, 2.45) is 0 Å². The average molecular weight is 819 g/mol. The number of allylic oxidation sites excluding steroid dienone is 1. The van der Waals surface area contributed by atoms with E-state index in [-0.39, 0.29) is 35.8 Å². The lowest BCUT2D eigenvalue weighted by atomic mass is 10.0. The molecule has 0 aliphatic carbocycles. The number of unbranched alkanes of at least 4 members (excludes halogenated alkanes) is 12. The van der Waals surface area contributed by atoms with E-state index in [1.165, 1.54) is 74.6 Å². The number of phosphoric acid groups is 1. The highest BCUT2D eigenvalue weighted by Crippen LogP contribution is 2.51. The Morgan fingerprint density at radius 3 is 1.53 bits per heavy atom. The Morgan fingerprint density at radius 1 is 0.655 bits per heavy atom. The van der Waals surface area contributed by atoms with E-state index in [0.29, 0.717) is 6.61 Å². The first-order valence-electron chi connectivity index (χ1n) is 21.4. The van der Waals surface area contributed by atoms with Gasteiger partial charge in [0, 0.05) is 0 Å². The van der Waals surface area contributed by atoms with Crippen LogP contribution in [0.5, 0.6) is 0 Å². The van der Waals surface area contributed by atoms with Crippen LogP contribution in [0.15, 0.2) is 72.7 Å². The van der Waals surface area contributed by atoms with E-state index < -0.39 is 30.6 Å². The molecule has 0 amide bonds. The number of rotatable bonds is 29. The normalized spacial score (nSPS) is 13.9. The van der Waals surface area contributed by atoms with Gasteiger partial charge in [0.1, 0.15) is 12.7 Å². The second-order valence-corrected chi connectivity index (χ2v) is 28.0. The van der Waals surface area contributed by atoms with Crippen LogP contribution in [-0.4, -0.2) is 49.2 Å². The molecule has 0 fully saturated rings. The van der Waals surface area contributed by atoms with Gasteiger partial charge in [-0.25, -0.2) is 4.57 Å². The van der Waals surface area contributed by atoms with Crippen LogP contribution in [0, 0.1) is 0 Å². The van der Waals surface area contributed by atoms with Crippen molar-refractivity contribution in [3.8, 4) is 0 Å². The molecule has 0 saturated carbocycles. The van der Waals surface area contributed by atoms with Gasteiger partial charge in [-0.3, -0.25) is 9.05 Å². The zero-order valence-electron chi connectivity index (χ0n) is 36.8. The van der Waals surface area contributed by atoms with Crippen LogP contribution in [-0.2, 0) is 31.7 Å². The Kier molecular flexibility index (Phi) is 22.4. The van der Waals surface area contributed by atoms with E-state index in [0.717, 1.165) is 19.3 Å². The number of benzene rings is 2. The molecule has 0 heterocycles. The Balaban J connectivity index is 2.36. The molecule has 0 radical (unpaired) electrons. The van der Waals surface area contributed by atoms with Gasteiger partial charge in [-0.15, -0.1) is 0 Å². The van der Waals surface area contributed by atoms with Crippen LogP contribution in [0.4, 0.5) is 0 Å². The van der Waals surface area contributed by atoms with Gasteiger partial charge >= 0.3 is 7.82 Å². The van der Waals surface area contributed by atoms with Crippen molar-refractivity contribution in [1.29, 1.82) is 0 Å². The summed E-state index contributed by atoms with van der Waals surface area (Å²) in [5.74, 6) is 0.150. The molecule has 0 saturated heterocycles. The molecular formula is C45H79O7PSi2. The van der Waals surface area contributed by atoms with Crippen molar-refractivity contribution in [2.45, 2.75) is 175 Å². The van der Waals surface area contributed by atoms with Gasteiger partial charge in [0.15, 0.2) is 8.32 Å². The largest absolute Gasteiger partial charge is 0.532 e. The Labute approximate surface area is 339 Å². The predicted molar refractivity (Wildman–Crippen MR) is 237 cm³/mol. The molecule has 1 atom stereocenters. The average Bonchev–Trinajstić information content (AvgIpc) is 3.13. The standard InChI is InChI=1S/C45H79O7PSi2/c1-12-15-16-17-18-19-20-21-22-23-24-25-32-37-43(51-53(46,48-13-2)49-14-3)47-38-40(39-50-54(10,11)44(4,5)6)52-55(45(7,8)9,41-33-28-26-29-34-41)42-35-30-27-31-36-42/h26-31,33-37,40H,12-25,32,38-39H2,1-11H3/b43-37+/t40-/m1/s1. The molecule has 2 aromatic rings. The van der Waals surface area contributed by atoms with E-state index in [1.54, 1.807) is 13.8 Å². The molecule has 2 rings (SSSR count). The number of ether oxygens (including phenoxy) is 1. The molecule has 0 aliphatic rings. The lowest BCUT2D eigenvalue weighted by molar-refractivity contribution is 0.00257. The van der Waals surface area contributed by atoms with Gasteiger partial charge < -0.3 is 18.1 Å². The molecule has 0 aromatic heterocycles. The third kappa shape index (κ3) is 17.0. The lowest BCUT2D eigenvalue weighted by Gasteiger charge is -2.45. The zero-order valence-corrected chi connectivity index (χ0v) is 39.6. The van der Waals surface area contributed by atoms with Crippen molar-refractivity contribution in [3.63, 3.8) is 0 Å². The van der Waals surface area contributed by atoms with Gasteiger partial charge in [0.05, 0.1) is 19.8 Å². The number of phosphoric ester groups is 1. The van der Waals surface area contributed by atoms with Gasteiger partial charge in [-0.05, 0) is 66.3 Å². The summed E-state index contributed by atoms with van der Waals surface area (Å²) >= 11 is 0. The van der Waals surface area contributed by atoms with Gasteiger partial charge in [-0.1, -0.05) is 180 Å². The maximum Gasteiger partial charge on any atom is 0.532 e. The van der Waals surface area contributed by atoms with Crippen LogP contribution in [0.1, 0.15) is 146 Å². The fourth-order valence-electron chi connectivity index (χ4n) is 6.59. The number of hydrogen-bond acceptors (Lipinski definition) is 7. The summed E-state index contributed by atoms with van der Waals surface area (Å²) in [4.78, 5) is 0. The molecule has 0 spiro atoms. The highest BCUT2D eigenvalue weighted by molar-refractivity contribution is 7.48. The van der Waals surface area contributed by atoms with Crippen LogP contribution < -0.4 is 10.4 Å². The minimum atomic E-state index is -3.90. The molecule has 0 aliphatic heterocycles. The molecule has 10 heteroatoms. The summed E-state index contributed by atoms with van der Waals surface area (Å²) in [7, 11) is -9.03. The van der Waals surface area contributed by atoms with E-state index >= 15 is 0 Å². The Bertz CT molecular complexity index is 1320. The minimum Gasteiger partial charge on any atom is -0.463 e.